The van der Waals surface area contributed by atoms with Crippen molar-refractivity contribution in [1.29, 1.82) is 0 Å². The lowest BCUT2D eigenvalue weighted by Gasteiger charge is -2.40. The highest BCUT2D eigenvalue weighted by molar-refractivity contribution is 5.75. The number of hydrogen-bond acceptors (Lipinski definition) is 3. The monoisotopic (exact) mass is 371 g/mol. The molecule has 1 aliphatic heterocycles. The highest BCUT2D eigenvalue weighted by Crippen LogP contribution is 2.32. The molecule has 0 amide bonds. The van der Waals surface area contributed by atoms with E-state index in [1.165, 1.54) is 57.2 Å². The number of unbranched alkanes of at least 4 members (excludes halogenated alkanes) is 2. The Morgan fingerprint density at radius 1 is 1.00 bits per heavy atom. The van der Waals surface area contributed by atoms with Gasteiger partial charge in [-0.05, 0) is 76.6 Å². The number of benzene rings is 1. The van der Waals surface area contributed by atoms with E-state index in [0.717, 1.165) is 31.6 Å². The molecular formula is C24H37NO2. The van der Waals surface area contributed by atoms with Crippen molar-refractivity contribution in [2.75, 3.05) is 13.1 Å². The maximum atomic E-state index is 12.5. The quantitative estimate of drug-likeness (QED) is 0.347. The van der Waals surface area contributed by atoms with Crippen LogP contribution in [0, 0.1) is 18.8 Å². The topological polar surface area (TPSA) is 29.5 Å². The number of piperidine rings is 1. The zero-order chi connectivity index (χ0) is 19.1. The average Bonchev–Trinajstić information content (AvgIpc) is 2.70. The van der Waals surface area contributed by atoms with Crippen molar-refractivity contribution in [3.05, 3.63) is 29.8 Å². The second-order valence-corrected chi connectivity index (χ2v) is 8.71. The van der Waals surface area contributed by atoms with Crippen LogP contribution in [-0.4, -0.2) is 30.0 Å². The van der Waals surface area contributed by atoms with Crippen LogP contribution in [0.1, 0.15) is 76.7 Å². The normalized spacial score (nSPS) is 24.7. The van der Waals surface area contributed by atoms with Crippen LogP contribution in [0.5, 0.6) is 5.75 Å². The molecule has 0 aromatic heterocycles. The van der Waals surface area contributed by atoms with Crippen LogP contribution in [0.2, 0.25) is 0 Å². The minimum atomic E-state index is -0.0352. The van der Waals surface area contributed by atoms with Crippen molar-refractivity contribution in [3.8, 4) is 5.75 Å². The second-order valence-electron chi connectivity index (χ2n) is 8.71. The summed E-state index contributed by atoms with van der Waals surface area (Å²) in [6.45, 7) is 6.86. The van der Waals surface area contributed by atoms with Gasteiger partial charge in [-0.25, -0.2) is 0 Å². The predicted octanol–water partition coefficient (Wildman–Crippen LogP) is 5.75. The van der Waals surface area contributed by atoms with Gasteiger partial charge in [0.25, 0.3) is 0 Å². The molecule has 0 radical (unpaired) electrons. The molecule has 27 heavy (non-hydrogen) atoms. The summed E-state index contributed by atoms with van der Waals surface area (Å²) in [5.41, 5.74) is 1.18. The minimum absolute atomic E-state index is 0.0352. The Kier molecular flexibility index (Phi) is 7.75. The van der Waals surface area contributed by atoms with Crippen molar-refractivity contribution >= 4 is 5.97 Å². The first-order valence-corrected chi connectivity index (χ1v) is 11.2. The maximum Gasteiger partial charge on any atom is 0.314 e. The van der Waals surface area contributed by atoms with E-state index in [-0.39, 0.29) is 11.9 Å². The fourth-order valence-electron chi connectivity index (χ4n) is 4.77. The molecule has 1 aromatic carbocycles. The Morgan fingerprint density at radius 2 is 1.67 bits per heavy atom. The van der Waals surface area contributed by atoms with Crippen molar-refractivity contribution in [2.24, 2.45) is 11.8 Å². The summed E-state index contributed by atoms with van der Waals surface area (Å²) in [4.78, 5) is 15.2. The Hall–Kier alpha value is -1.35. The number of likely N-dealkylation sites (tertiary alicyclic amines) is 1. The number of esters is 1. The Morgan fingerprint density at radius 3 is 2.30 bits per heavy atom. The largest absolute Gasteiger partial charge is 0.426 e. The van der Waals surface area contributed by atoms with Crippen LogP contribution in [0.25, 0.3) is 0 Å². The van der Waals surface area contributed by atoms with Gasteiger partial charge in [-0.3, -0.25) is 4.79 Å². The fraction of sp³-hybridized carbons (Fsp3) is 0.708. The van der Waals surface area contributed by atoms with Crippen LogP contribution in [0.15, 0.2) is 24.3 Å². The standard InChI is InChI=1S/C24H37NO2/c1-3-4-5-6-20-15-17-25(18-16-20)22-11-9-21(10-12-22)24(26)27-23-13-7-19(2)8-14-23/h7-8,13-14,20-22H,3-6,9-12,15-18H2,1-2H3. The molecule has 3 heteroatoms. The van der Waals surface area contributed by atoms with E-state index in [2.05, 4.69) is 11.8 Å². The number of carbonyl (C=O) groups is 1. The van der Waals surface area contributed by atoms with Crippen molar-refractivity contribution in [3.63, 3.8) is 0 Å². The number of ether oxygens (including phenoxy) is 1. The lowest BCUT2D eigenvalue weighted by Crippen LogP contribution is -2.44. The van der Waals surface area contributed by atoms with E-state index in [1.807, 2.05) is 31.2 Å². The van der Waals surface area contributed by atoms with Crippen molar-refractivity contribution in [2.45, 2.75) is 84.1 Å². The number of nitrogens with zero attached hydrogens (tertiary/aromatic N) is 1. The Bertz CT molecular complexity index is 567. The van der Waals surface area contributed by atoms with Crippen molar-refractivity contribution < 1.29 is 9.53 Å². The summed E-state index contributed by atoms with van der Waals surface area (Å²) < 4.78 is 5.60. The molecule has 1 heterocycles. The molecule has 150 valence electrons. The van der Waals surface area contributed by atoms with Gasteiger partial charge in [0, 0.05) is 6.04 Å². The Labute approximate surface area is 165 Å². The van der Waals surface area contributed by atoms with Gasteiger partial charge in [0.1, 0.15) is 5.75 Å². The molecule has 1 saturated carbocycles. The Balaban J connectivity index is 1.37. The first-order chi connectivity index (χ1) is 13.2. The number of carbonyl (C=O) groups excluding carboxylic acids is 1. The zero-order valence-corrected chi connectivity index (χ0v) is 17.3. The molecule has 3 nitrogen and oxygen atoms in total. The SMILES string of the molecule is CCCCCC1CCN(C2CCC(C(=O)Oc3ccc(C)cc3)CC2)CC1. The van der Waals surface area contributed by atoms with E-state index in [4.69, 9.17) is 4.74 Å². The predicted molar refractivity (Wildman–Crippen MR) is 111 cm³/mol. The first kappa shape index (κ1) is 20.4. The molecular weight excluding hydrogens is 334 g/mol. The summed E-state index contributed by atoms with van der Waals surface area (Å²) in [5.74, 6) is 1.67. The molecule has 1 saturated heterocycles. The number of aryl methyl sites for hydroxylation is 1. The van der Waals surface area contributed by atoms with E-state index in [9.17, 15) is 4.79 Å². The van der Waals surface area contributed by atoms with Crippen LogP contribution in [0.4, 0.5) is 0 Å². The third-order valence-corrected chi connectivity index (χ3v) is 6.65. The van der Waals surface area contributed by atoms with E-state index < -0.39 is 0 Å². The van der Waals surface area contributed by atoms with Gasteiger partial charge in [-0.1, -0.05) is 50.3 Å². The van der Waals surface area contributed by atoms with E-state index in [1.54, 1.807) is 0 Å². The smallest absolute Gasteiger partial charge is 0.314 e. The molecule has 0 bridgehead atoms. The molecule has 1 aliphatic carbocycles. The third-order valence-electron chi connectivity index (χ3n) is 6.65. The first-order valence-electron chi connectivity index (χ1n) is 11.2. The number of hydrogen-bond donors (Lipinski definition) is 0. The molecule has 3 rings (SSSR count). The average molecular weight is 372 g/mol. The van der Waals surface area contributed by atoms with Gasteiger partial charge in [-0.2, -0.15) is 0 Å². The minimum Gasteiger partial charge on any atom is -0.426 e. The lowest BCUT2D eigenvalue weighted by atomic mass is 9.83. The van der Waals surface area contributed by atoms with Gasteiger partial charge in [0.15, 0.2) is 0 Å². The zero-order valence-electron chi connectivity index (χ0n) is 17.3. The highest BCUT2D eigenvalue weighted by Gasteiger charge is 2.32. The third kappa shape index (κ3) is 6.07. The molecule has 0 N–H and O–H groups in total. The summed E-state index contributed by atoms with van der Waals surface area (Å²) in [6, 6.07) is 8.45. The van der Waals surface area contributed by atoms with Gasteiger partial charge in [-0.15, -0.1) is 0 Å². The highest BCUT2D eigenvalue weighted by atomic mass is 16.5. The van der Waals surface area contributed by atoms with Crippen LogP contribution >= 0.6 is 0 Å². The van der Waals surface area contributed by atoms with Gasteiger partial charge in [0.2, 0.25) is 0 Å². The van der Waals surface area contributed by atoms with Gasteiger partial charge < -0.3 is 9.64 Å². The van der Waals surface area contributed by atoms with Crippen molar-refractivity contribution in [1.82, 2.24) is 4.90 Å². The summed E-state index contributed by atoms with van der Waals surface area (Å²) in [7, 11) is 0. The summed E-state index contributed by atoms with van der Waals surface area (Å²) >= 11 is 0. The van der Waals surface area contributed by atoms with Gasteiger partial charge in [0.05, 0.1) is 5.92 Å². The van der Waals surface area contributed by atoms with Crippen LogP contribution in [0.3, 0.4) is 0 Å². The molecule has 0 unspecified atom stereocenters. The van der Waals surface area contributed by atoms with Crippen LogP contribution < -0.4 is 4.74 Å². The lowest BCUT2D eigenvalue weighted by molar-refractivity contribution is -0.140. The maximum absolute atomic E-state index is 12.5. The molecule has 2 aliphatic rings. The van der Waals surface area contributed by atoms with Crippen LogP contribution in [-0.2, 0) is 4.79 Å². The summed E-state index contributed by atoms with van der Waals surface area (Å²) in [5, 5.41) is 0. The molecule has 0 spiro atoms. The molecule has 0 atom stereocenters. The molecule has 2 fully saturated rings. The van der Waals surface area contributed by atoms with E-state index in [0.29, 0.717) is 11.8 Å². The second kappa shape index (κ2) is 10.3. The van der Waals surface area contributed by atoms with Gasteiger partial charge >= 0.3 is 5.97 Å². The molecule has 1 aromatic rings. The van der Waals surface area contributed by atoms with E-state index >= 15 is 0 Å². The number of rotatable bonds is 7. The summed E-state index contributed by atoms with van der Waals surface area (Å²) in [6.07, 6.45) is 12.6. The fourth-order valence-corrected chi connectivity index (χ4v) is 4.77.